The summed E-state index contributed by atoms with van der Waals surface area (Å²) in [6.07, 6.45) is 5.10. The highest BCUT2D eigenvalue weighted by molar-refractivity contribution is 7.86. The number of benzene rings is 1. The number of nitrogens with zero attached hydrogens (tertiary/aromatic N) is 6. The predicted molar refractivity (Wildman–Crippen MR) is 201 cm³/mol. The Morgan fingerprint density at radius 1 is 1.02 bits per heavy atom. The lowest BCUT2D eigenvalue weighted by Gasteiger charge is -2.40. The third kappa shape index (κ3) is 12.2. The van der Waals surface area contributed by atoms with Crippen LogP contribution in [0.3, 0.4) is 0 Å². The number of carbonyl (C=O) groups is 1. The number of nitrogens with one attached hydrogen (secondary N) is 1. The second-order valence-electron chi connectivity index (χ2n) is 13.3. The quantitative estimate of drug-likeness (QED) is 0.0696. The minimum atomic E-state index is -4.12. The molecule has 3 N–H and O–H groups in total. The van der Waals surface area contributed by atoms with Crippen LogP contribution in [0.4, 0.5) is 5.82 Å². The molecule has 5 unspecified atom stereocenters. The highest BCUT2D eigenvalue weighted by atomic mass is 35.5. The van der Waals surface area contributed by atoms with Gasteiger partial charge in [0.05, 0.1) is 45.4 Å². The van der Waals surface area contributed by atoms with E-state index in [4.69, 9.17) is 65.7 Å². The number of nitriles is 1. The molecule has 2 aromatic rings. The first kappa shape index (κ1) is 42.7. The van der Waals surface area contributed by atoms with E-state index in [0.717, 1.165) is 6.42 Å². The van der Waals surface area contributed by atoms with Gasteiger partial charge in [0, 0.05) is 23.6 Å². The van der Waals surface area contributed by atoms with Gasteiger partial charge in [0.15, 0.2) is 5.82 Å². The molecule has 2 aliphatic rings. The van der Waals surface area contributed by atoms with Gasteiger partial charge in [-0.2, -0.15) is 32.3 Å². The van der Waals surface area contributed by atoms with Gasteiger partial charge < -0.3 is 10.2 Å². The Morgan fingerprint density at radius 3 is 2.17 bits per heavy atom. The van der Waals surface area contributed by atoms with Crippen molar-refractivity contribution in [3.8, 4) is 17.3 Å². The van der Waals surface area contributed by atoms with Gasteiger partial charge in [-0.3, -0.25) is 13.9 Å². The standard InChI is InChI=1S/C32H43Cl4N7O7S2/c1-20(44)38-29-18-22(42(13-2-4-15-51(45,46)47)14-3-5-16-52(48,49)50)10-12-28(29)39-40-32-24(19-37)30(23-11-9-21(33)17-27(23)36)41-43(32)31-25(34)7-6-8-26(31)35/h9,11,17,22,25-26,28-29,31H,2-8,10,12-16,18H2,1H3,(H,38,44)(H,45,46,47)(H,48,49,50). The maximum atomic E-state index is 12.4. The lowest BCUT2D eigenvalue weighted by atomic mass is 9.86. The molecule has 0 radical (unpaired) electrons. The average molecular weight is 844 g/mol. The lowest BCUT2D eigenvalue weighted by molar-refractivity contribution is -0.120. The first-order valence-electron chi connectivity index (χ1n) is 17.1. The third-order valence-corrected chi connectivity index (χ3v) is 12.5. The highest BCUT2D eigenvalue weighted by Gasteiger charge is 2.38. The number of alkyl halides is 2. The number of amides is 1. The van der Waals surface area contributed by atoms with Crippen LogP contribution < -0.4 is 5.32 Å². The van der Waals surface area contributed by atoms with Crippen LogP contribution in [-0.4, -0.2) is 100 Å². The van der Waals surface area contributed by atoms with Crippen molar-refractivity contribution in [3.63, 3.8) is 0 Å². The number of azo groups is 1. The minimum absolute atomic E-state index is 0.0881. The number of hydrogen-bond acceptors (Lipinski definition) is 10. The second-order valence-corrected chi connectivity index (χ2v) is 18.4. The molecule has 288 valence electrons. The SMILES string of the molecule is CC(=O)NC1CC(N(CCCCS(=O)(=O)O)CCCCS(=O)(=O)O)CCC1N=Nc1c(C#N)c(-c2ccc(Cl)cc2Cl)nn1C1C(Cl)CCCC1Cl. The van der Waals surface area contributed by atoms with E-state index in [2.05, 4.69) is 21.4 Å². The zero-order valence-corrected chi connectivity index (χ0v) is 33.2. The van der Waals surface area contributed by atoms with Gasteiger partial charge in [0.2, 0.25) is 5.91 Å². The number of carbonyl (C=O) groups excluding carboxylic acids is 1. The summed E-state index contributed by atoms with van der Waals surface area (Å²) < 4.78 is 65.0. The number of unbranched alkanes of at least 4 members (excludes halogenated alkanes) is 2. The van der Waals surface area contributed by atoms with Gasteiger partial charge in [-0.15, -0.1) is 28.3 Å². The van der Waals surface area contributed by atoms with Crippen molar-refractivity contribution in [2.45, 2.75) is 106 Å². The molecule has 20 heteroatoms. The molecule has 5 atom stereocenters. The zero-order chi connectivity index (χ0) is 38.2. The maximum absolute atomic E-state index is 12.4. The molecule has 1 amide bonds. The number of rotatable bonds is 16. The molecule has 0 spiro atoms. The van der Waals surface area contributed by atoms with Gasteiger partial charge in [-0.1, -0.05) is 29.6 Å². The Kier molecular flexibility index (Phi) is 15.6. The summed E-state index contributed by atoms with van der Waals surface area (Å²) in [6, 6.07) is 5.52. The number of aromatic nitrogens is 2. The van der Waals surface area contributed by atoms with Crippen molar-refractivity contribution >= 4 is 78.4 Å². The van der Waals surface area contributed by atoms with Crippen LogP contribution in [0.2, 0.25) is 10.0 Å². The smallest absolute Gasteiger partial charge is 0.264 e. The van der Waals surface area contributed by atoms with Crippen molar-refractivity contribution in [2.75, 3.05) is 24.6 Å². The summed E-state index contributed by atoms with van der Waals surface area (Å²) in [4.78, 5) is 14.5. The summed E-state index contributed by atoms with van der Waals surface area (Å²) in [5.74, 6) is -0.879. The van der Waals surface area contributed by atoms with Crippen LogP contribution in [0, 0.1) is 11.3 Å². The lowest BCUT2D eigenvalue weighted by Crippen LogP contribution is -2.51. The van der Waals surface area contributed by atoms with Gasteiger partial charge in [-0.25, -0.2) is 4.68 Å². The molecular formula is C32H43Cl4N7O7S2. The topological polar surface area (TPSA) is 207 Å². The molecule has 14 nitrogen and oxygen atoms in total. The summed E-state index contributed by atoms with van der Waals surface area (Å²) >= 11 is 26.3. The molecule has 1 heterocycles. The van der Waals surface area contributed by atoms with Crippen LogP contribution in [0.5, 0.6) is 0 Å². The first-order chi connectivity index (χ1) is 24.5. The van der Waals surface area contributed by atoms with E-state index in [0.29, 0.717) is 68.6 Å². The Morgan fingerprint density at radius 2 is 1.63 bits per heavy atom. The molecule has 2 saturated carbocycles. The Balaban J connectivity index is 1.64. The Bertz CT molecular complexity index is 1810. The van der Waals surface area contributed by atoms with Crippen LogP contribution in [0.25, 0.3) is 11.3 Å². The fourth-order valence-electron chi connectivity index (χ4n) is 6.91. The zero-order valence-electron chi connectivity index (χ0n) is 28.5. The molecular weight excluding hydrogens is 800 g/mol. The molecule has 0 saturated heterocycles. The third-order valence-electron chi connectivity index (χ3n) is 9.35. The van der Waals surface area contributed by atoms with Crippen molar-refractivity contribution in [3.05, 3.63) is 33.8 Å². The van der Waals surface area contributed by atoms with Crippen molar-refractivity contribution in [2.24, 2.45) is 10.2 Å². The van der Waals surface area contributed by atoms with Gasteiger partial charge in [0.1, 0.15) is 17.3 Å². The minimum Gasteiger partial charge on any atom is -0.351 e. The summed E-state index contributed by atoms with van der Waals surface area (Å²) in [7, 11) is -8.24. The molecule has 4 rings (SSSR count). The predicted octanol–water partition coefficient (Wildman–Crippen LogP) is 6.82. The number of halogens is 4. The van der Waals surface area contributed by atoms with E-state index in [1.54, 1.807) is 22.9 Å². The first-order valence-corrected chi connectivity index (χ1v) is 21.9. The highest BCUT2D eigenvalue weighted by Crippen LogP contribution is 2.43. The fourth-order valence-corrected chi connectivity index (χ4v) is 9.49. The molecule has 1 aromatic heterocycles. The molecule has 1 aromatic carbocycles. The summed E-state index contributed by atoms with van der Waals surface area (Å²) in [5, 5.41) is 27.4. The largest absolute Gasteiger partial charge is 0.351 e. The molecule has 2 fully saturated rings. The van der Waals surface area contributed by atoms with Crippen LogP contribution in [0.15, 0.2) is 28.4 Å². The van der Waals surface area contributed by atoms with E-state index >= 15 is 0 Å². The van der Waals surface area contributed by atoms with E-state index < -0.39 is 49.1 Å². The monoisotopic (exact) mass is 841 g/mol. The van der Waals surface area contributed by atoms with Crippen molar-refractivity contribution in [1.82, 2.24) is 20.0 Å². The Hall–Kier alpha value is -2.07. The summed E-state index contributed by atoms with van der Waals surface area (Å²) in [6.45, 7) is 2.33. The van der Waals surface area contributed by atoms with E-state index in [-0.39, 0.29) is 58.4 Å². The van der Waals surface area contributed by atoms with Crippen LogP contribution >= 0.6 is 46.4 Å². The molecule has 52 heavy (non-hydrogen) atoms. The molecule has 2 aliphatic carbocycles. The molecule has 0 bridgehead atoms. The van der Waals surface area contributed by atoms with E-state index in [1.165, 1.54) is 6.92 Å². The normalized spacial score (nSPS) is 24.3. The fraction of sp³-hybridized carbons (Fsp3) is 0.656. The maximum Gasteiger partial charge on any atom is 0.264 e. The van der Waals surface area contributed by atoms with Gasteiger partial charge in [-0.05, 0) is 89.1 Å². The average Bonchev–Trinajstić information content (AvgIpc) is 3.39. The van der Waals surface area contributed by atoms with Gasteiger partial charge in [0.25, 0.3) is 20.2 Å². The Labute approximate surface area is 324 Å². The van der Waals surface area contributed by atoms with Crippen LogP contribution in [-0.2, 0) is 25.0 Å². The number of hydrogen-bond donors (Lipinski definition) is 3. The summed E-state index contributed by atoms with van der Waals surface area (Å²) in [5.41, 5.74) is 0.866. The van der Waals surface area contributed by atoms with E-state index in [1.807, 2.05) is 0 Å². The molecule has 0 aliphatic heterocycles. The second kappa shape index (κ2) is 19.0. The van der Waals surface area contributed by atoms with Crippen LogP contribution in [0.1, 0.15) is 82.7 Å². The van der Waals surface area contributed by atoms with E-state index in [9.17, 15) is 26.9 Å². The van der Waals surface area contributed by atoms with Crippen molar-refractivity contribution < 1.29 is 30.7 Å². The van der Waals surface area contributed by atoms with Gasteiger partial charge >= 0.3 is 0 Å². The van der Waals surface area contributed by atoms with Crippen molar-refractivity contribution in [1.29, 1.82) is 5.26 Å².